The Morgan fingerprint density at radius 1 is 1.32 bits per heavy atom. The molecule has 1 heterocycles. The minimum atomic E-state index is -3.67. The summed E-state index contributed by atoms with van der Waals surface area (Å²) < 4.78 is 36.9. The molecule has 1 aliphatic heterocycles. The van der Waals surface area contributed by atoms with Crippen LogP contribution < -0.4 is 5.32 Å². The molecule has 7 nitrogen and oxygen atoms in total. The van der Waals surface area contributed by atoms with Crippen LogP contribution in [0.15, 0.2) is 29.2 Å². The lowest BCUT2D eigenvalue weighted by atomic mass is 10.3. The average Bonchev–Trinajstić information content (AvgIpc) is 2.55. The van der Waals surface area contributed by atoms with Gasteiger partial charge in [0.1, 0.15) is 11.0 Å². The topological polar surface area (TPSA) is 84.9 Å². The molecule has 1 amide bonds. The molecule has 8 heteroatoms. The van der Waals surface area contributed by atoms with E-state index in [4.69, 9.17) is 9.47 Å². The van der Waals surface area contributed by atoms with Gasteiger partial charge in [-0.2, -0.15) is 4.31 Å². The van der Waals surface area contributed by atoms with Crippen molar-refractivity contribution in [3.05, 3.63) is 24.3 Å². The molecule has 22 heavy (non-hydrogen) atoms. The number of sulfonamides is 1. The molecule has 0 spiro atoms. The molecule has 0 saturated carbocycles. The number of nitrogens with one attached hydrogen (secondary N) is 1. The van der Waals surface area contributed by atoms with Gasteiger partial charge in [0.2, 0.25) is 10.0 Å². The Bertz CT molecular complexity index is 626. The van der Waals surface area contributed by atoms with Crippen molar-refractivity contribution in [2.24, 2.45) is 0 Å². The van der Waals surface area contributed by atoms with Gasteiger partial charge < -0.3 is 14.8 Å². The molecule has 1 N–H and O–H groups in total. The molecule has 2 rings (SSSR count). The van der Waals surface area contributed by atoms with E-state index < -0.39 is 22.0 Å². The molecular formula is C14H20N2O5S. The fourth-order valence-corrected chi connectivity index (χ4v) is 3.62. The molecule has 1 fully saturated rings. The summed E-state index contributed by atoms with van der Waals surface area (Å²) >= 11 is 0. The second kappa shape index (κ2) is 7.19. The van der Waals surface area contributed by atoms with Gasteiger partial charge in [0.25, 0.3) is 5.91 Å². The second-order valence-corrected chi connectivity index (χ2v) is 6.79. The van der Waals surface area contributed by atoms with Crippen molar-refractivity contribution in [3.8, 4) is 0 Å². The number of morpholine rings is 1. The maximum absolute atomic E-state index is 12.7. The summed E-state index contributed by atoms with van der Waals surface area (Å²) in [5.41, 5.74) is 0.253. The highest BCUT2D eigenvalue weighted by Crippen LogP contribution is 2.25. The van der Waals surface area contributed by atoms with Gasteiger partial charge in [-0.3, -0.25) is 4.79 Å². The van der Waals surface area contributed by atoms with E-state index in [9.17, 15) is 13.2 Å². The summed E-state index contributed by atoms with van der Waals surface area (Å²) in [5.74, 6) is -0.396. The van der Waals surface area contributed by atoms with E-state index in [1.165, 1.54) is 17.5 Å². The first-order valence-corrected chi connectivity index (χ1v) is 8.41. The van der Waals surface area contributed by atoms with Gasteiger partial charge in [-0.05, 0) is 19.1 Å². The minimum absolute atomic E-state index is 0.0774. The maximum atomic E-state index is 12.7. The number of anilines is 1. The Morgan fingerprint density at radius 3 is 2.59 bits per heavy atom. The van der Waals surface area contributed by atoms with Crippen LogP contribution in [0.2, 0.25) is 0 Å². The number of benzene rings is 1. The lowest BCUT2D eigenvalue weighted by Gasteiger charge is -2.27. The zero-order valence-corrected chi connectivity index (χ0v) is 13.4. The first kappa shape index (κ1) is 16.9. The number of hydrogen-bond donors (Lipinski definition) is 1. The molecular weight excluding hydrogens is 308 g/mol. The number of hydrogen-bond acceptors (Lipinski definition) is 5. The second-order valence-electron chi connectivity index (χ2n) is 4.88. The van der Waals surface area contributed by atoms with E-state index in [1.54, 1.807) is 25.1 Å². The Morgan fingerprint density at radius 2 is 1.95 bits per heavy atom. The number of methoxy groups -OCH3 is 1. The highest BCUT2D eigenvalue weighted by molar-refractivity contribution is 7.89. The quantitative estimate of drug-likeness (QED) is 0.859. The van der Waals surface area contributed by atoms with Crippen molar-refractivity contribution in [1.82, 2.24) is 4.31 Å². The fraction of sp³-hybridized carbons (Fsp3) is 0.500. The summed E-state index contributed by atoms with van der Waals surface area (Å²) in [5, 5.41) is 2.61. The molecule has 1 atom stereocenters. The van der Waals surface area contributed by atoms with Crippen LogP contribution in [0, 0.1) is 0 Å². The molecule has 1 aromatic rings. The Kier molecular flexibility index (Phi) is 5.52. The van der Waals surface area contributed by atoms with Crippen molar-refractivity contribution in [2.75, 3.05) is 38.7 Å². The van der Waals surface area contributed by atoms with Crippen LogP contribution in [0.25, 0.3) is 0 Å². The lowest BCUT2D eigenvalue weighted by molar-refractivity contribution is -0.124. The predicted molar refractivity (Wildman–Crippen MR) is 81.1 cm³/mol. The Balaban J connectivity index is 2.29. The van der Waals surface area contributed by atoms with Crippen LogP contribution >= 0.6 is 0 Å². The van der Waals surface area contributed by atoms with Crippen LogP contribution in [0.4, 0.5) is 5.69 Å². The van der Waals surface area contributed by atoms with Crippen molar-refractivity contribution >= 4 is 21.6 Å². The number of nitrogens with zero attached hydrogens (tertiary/aromatic N) is 1. The average molecular weight is 328 g/mol. The van der Waals surface area contributed by atoms with E-state index in [2.05, 4.69) is 5.32 Å². The van der Waals surface area contributed by atoms with Gasteiger partial charge >= 0.3 is 0 Å². The largest absolute Gasteiger partial charge is 0.379 e. The molecule has 1 saturated heterocycles. The summed E-state index contributed by atoms with van der Waals surface area (Å²) in [6.07, 6.45) is -0.667. The summed E-state index contributed by atoms with van der Waals surface area (Å²) in [7, 11) is -2.26. The molecule has 1 aliphatic rings. The number of carbonyl (C=O) groups excluding carboxylic acids is 1. The Hall–Kier alpha value is -1.48. The van der Waals surface area contributed by atoms with E-state index in [0.717, 1.165) is 0 Å². The number of para-hydroxylation sites is 1. The molecule has 1 aromatic carbocycles. The molecule has 0 aliphatic carbocycles. The van der Waals surface area contributed by atoms with E-state index in [-0.39, 0.29) is 10.6 Å². The monoisotopic (exact) mass is 328 g/mol. The van der Waals surface area contributed by atoms with Crippen molar-refractivity contribution in [1.29, 1.82) is 0 Å². The predicted octanol–water partition coefficient (Wildman–Crippen LogP) is 0.681. The van der Waals surface area contributed by atoms with Gasteiger partial charge in [-0.15, -0.1) is 0 Å². The van der Waals surface area contributed by atoms with E-state index >= 15 is 0 Å². The zero-order valence-electron chi connectivity index (χ0n) is 12.6. The van der Waals surface area contributed by atoms with Crippen molar-refractivity contribution in [2.45, 2.75) is 17.9 Å². The highest BCUT2D eigenvalue weighted by atomic mass is 32.2. The first-order valence-electron chi connectivity index (χ1n) is 6.97. The molecule has 0 unspecified atom stereocenters. The zero-order chi connectivity index (χ0) is 16.2. The van der Waals surface area contributed by atoms with Crippen LogP contribution in [0.5, 0.6) is 0 Å². The number of ether oxygens (including phenoxy) is 2. The number of carbonyl (C=O) groups is 1. The van der Waals surface area contributed by atoms with Gasteiger partial charge in [-0.1, -0.05) is 12.1 Å². The standard InChI is InChI=1S/C14H20N2O5S/c1-11(20-2)14(17)15-12-5-3-4-6-13(12)22(18,19)16-7-9-21-10-8-16/h3-6,11H,7-10H2,1-2H3,(H,15,17)/t11-/m1/s1. The SMILES string of the molecule is CO[C@H](C)C(=O)Nc1ccccc1S(=O)(=O)N1CCOCC1. The molecule has 0 aromatic heterocycles. The van der Waals surface area contributed by atoms with Crippen LogP contribution in [0.3, 0.4) is 0 Å². The molecule has 0 radical (unpaired) electrons. The number of amides is 1. The van der Waals surface area contributed by atoms with Gasteiger partial charge in [0.05, 0.1) is 18.9 Å². The third-order valence-electron chi connectivity index (χ3n) is 3.46. The first-order chi connectivity index (χ1) is 10.5. The number of rotatable bonds is 5. The van der Waals surface area contributed by atoms with Gasteiger partial charge in [-0.25, -0.2) is 8.42 Å². The van der Waals surface area contributed by atoms with E-state index in [1.807, 2.05) is 0 Å². The fourth-order valence-electron chi connectivity index (χ4n) is 2.06. The normalized spacial score (nSPS) is 17.9. The van der Waals surface area contributed by atoms with Crippen molar-refractivity contribution in [3.63, 3.8) is 0 Å². The van der Waals surface area contributed by atoms with Crippen LogP contribution in [0.1, 0.15) is 6.92 Å². The van der Waals surface area contributed by atoms with Crippen LogP contribution in [-0.4, -0.2) is 58.1 Å². The smallest absolute Gasteiger partial charge is 0.253 e. The minimum Gasteiger partial charge on any atom is -0.379 e. The van der Waals surface area contributed by atoms with Gasteiger partial charge in [0.15, 0.2) is 0 Å². The summed E-state index contributed by atoms with van der Waals surface area (Å²) in [6.45, 7) is 2.94. The van der Waals surface area contributed by atoms with E-state index in [0.29, 0.717) is 26.3 Å². The molecule has 0 bridgehead atoms. The maximum Gasteiger partial charge on any atom is 0.253 e. The van der Waals surface area contributed by atoms with Crippen molar-refractivity contribution < 1.29 is 22.7 Å². The summed E-state index contributed by atoms with van der Waals surface area (Å²) in [4.78, 5) is 12.0. The Labute approximate surface area is 130 Å². The lowest BCUT2D eigenvalue weighted by Crippen LogP contribution is -2.41. The van der Waals surface area contributed by atoms with Gasteiger partial charge in [0, 0.05) is 20.2 Å². The third kappa shape index (κ3) is 3.64. The summed E-state index contributed by atoms with van der Waals surface area (Å²) in [6, 6.07) is 6.35. The highest BCUT2D eigenvalue weighted by Gasteiger charge is 2.29. The van der Waals surface area contributed by atoms with Crippen LogP contribution in [-0.2, 0) is 24.3 Å². The third-order valence-corrected chi connectivity index (χ3v) is 5.41. The molecule has 122 valence electrons.